The fraction of sp³-hybridized carbons (Fsp3) is 0.316. The number of hydrogen-bond acceptors (Lipinski definition) is 3. The van der Waals surface area contributed by atoms with E-state index in [2.05, 4.69) is 10.3 Å². The molecular weight excluding hydrogens is 345 g/mol. The Morgan fingerprint density at radius 3 is 2.54 bits per heavy atom. The Kier molecular flexibility index (Phi) is 6.13. The molecule has 138 valence electrons. The molecule has 0 radical (unpaired) electrons. The number of benzene rings is 1. The summed E-state index contributed by atoms with van der Waals surface area (Å²) in [6.45, 7) is 3.43. The Morgan fingerprint density at radius 1 is 1.15 bits per heavy atom. The number of nitrogens with one attached hydrogen (secondary N) is 1. The predicted octanol–water partition coefficient (Wildman–Crippen LogP) is 3.86. The highest BCUT2D eigenvalue weighted by molar-refractivity contribution is 5.94. The van der Waals surface area contributed by atoms with Crippen molar-refractivity contribution in [1.29, 1.82) is 0 Å². The zero-order valence-electron chi connectivity index (χ0n) is 14.5. The Balaban J connectivity index is 2.10. The van der Waals surface area contributed by atoms with Crippen LogP contribution in [0.15, 0.2) is 36.4 Å². The molecule has 1 aromatic heterocycles. The summed E-state index contributed by atoms with van der Waals surface area (Å²) in [6, 6.07) is 7.90. The molecule has 1 amide bonds. The van der Waals surface area contributed by atoms with Crippen LogP contribution >= 0.6 is 0 Å². The molecule has 0 aliphatic carbocycles. The van der Waals surface area contributed by atoms with Crippen LogP contribution < -0.4 is 5.32 Å². The molecule has 0 aliphatic heterocycles. The fourth-order valence-corrected chi connectivity index (χ4v) is 2.43. The molecule has 1 aromatic carbocycles. The number of ketones is 1. The maximum Gasteiger partial charge on any atom is 0.416 e. The molecular formula is C19H19F3N2O2. The second-order valence-electron chi connectivity index (χ2n) is 5.94. The van der Waals surface area contributed by atoms with E-state index < -0.39 is 17.6 Å². The van der Waals surface area contributed by atoms with Crippen LogP contribution in [0.1, 0.15) is 46.2 Å². The van der Waals surface area contributed by atoms with Gasteiger partial charge in [0.2, 0.25) is 0 Å². The third-order valence-electron chi connectivity index (χ3n) is 3.75. The summed E-state index contributed by atoms with van der Waals surface area (Å²) in [5, 5.41) is 2.60. The Hall–Kier alpha value is -2.70. The first-order valence-corrected chi connectivity index (χ1v) is 8.12. The van der Waals surface area contributed by atoms with Gasteiger partial charge in [0.25, 0.3) is 5.91 Å². The second-order valence-corrected chi connectivity index (χ2v) is 5.94. The lowest BCUT2D eigenvalue weighted by atomic mass is 10.1. The van der Waals surface area contributed by atoms with Gasteiger partial charge in [-0.05, 0) is 36.8 Å². The van der Waals surface area contributed by atoms with E-state index in [1.807, 2.05) is 0 Å². The van der Waals surface area contributed by atoms with E-state index in [1.165, 1.54) is 18.2 Å². The number of nitrogens with zero attached hydrogens (tertiary/aromatic N) is 1. The molecule has 0 fully saturated rings. The Labute approximate surface area is 149 Å². The van der Waals surface area contributed by atoms with E-state index in [0.717, 1.165) is 12.1 Å². The van der Waals surface area contributed by atoms with Crippen molar-refractivity contribution < 1.29 is 22.8 Å². The molecule has 0 bridgehead atoms. The number of aryl methyl sites for hydroxylation is 1. The lowest BCUT2D eigenvalue weighted by Crippen LogP contribution is -2.23. The maximum absolute atomic E-state index is 12.7. The normalized spacial score (nSPS) is 11.3. The first-order chi connectivity index (χ1) is 12.2. The largest absolute Gasteiger partial charge is 0.416 e. The Morgan fingerprint density at radius 2 is 1.88 bits per heavy atom. The van der Waals surface area contributed by atoms with Crippen LogP contribution in [0.4, 0.5) is 13.2 Å². The van der Waals surface area contributed by atoms with Crippen molar-refractivity contribution >= 4 is 11.7 Å². The van der Waals surface area contributed by atoms with Gasteiger partial charge in [0.15, 0.2) is 0 Å². The second kappa shape index (κ2) is 8.12. The van der Waals surface area contributed by atoms with Gasteiger partial charge in [0.1, 0.15) is 5.78 Å². The van der Waals surface area contributed by atoms with Gasteiger partial charge in [-0.15, -0.1) is 0 Å². The van der Waals surface area contributed by atoms with Crippen LogP contribution in [-0.2, 0) is 23.9 Å². The van der Waals surface area contributed by atoms with E-state index in [-0.39, 0.29) is 18.7 Å². The van der Waals surface area contributed by atoms with Gasteiger partial charge < -0.3 is 5.32 Å². The lowest BCUT2D eigenvalue weighted by molar-refractivity contribution is -0.137. The number of carbonyl (C=O) groups excluding carboxylic acids is 2. The van der Waals surface area contributed by atoms with E-state index in [4.69, 9.17) is 0 Å². The highest BCUT2D eigenvalue weighted by atomic mass is 19.4. The van der Waals surface area contributed by atoms with Crippen molar-refractivity contribution in [3.63, 3.8) is 0 Å². The third-order valence-corrected chi connectivity index (χ3v) is 3.75. The van der Waals surface area contributed by atoms with Crippen LogP contribution in [0.5, 0.6) is 0 Å². The van der Waals surface area contributed by atoms with E-state index in [0.29, 0.717) is 28.9 Å². The van der Waals surface area contributed by atoms with Crippen LogP contribution in [0.25, 0.3) is 0 Å². The minimum Gasteiger partial charge on any atom is -0.348 e. The number of hydrogen-bond donors (Lipinski definition) is 1. The zero-order valence-corrected chi connectivity index (χ0v) is 14.5. The van der Waals surface area contributed by atoms with Crippen molar-refractivity contribution in [3.05, 3.63) is 64.5 Å². The summed E-state index contributed by atoms with van der Waals surface area (Å²) in [7, 11) is 0. The molecule has 1 N–H and O–H groups in total. The molecule has 0 saturated carbocycles. The van der Waals surface area contributed by atoms with Crippen molar-refractivity contribution in [3.8, 4) is 0 Å². The number of pyridine rings is 1. The van der Waals surface area contributed by atoms with Crippen molar-refractivity contribution in [2.75, 3.05) is 0 Å². The topological polar surface area (TPSA) is 59.1 Å². The fourth-order valence-electron chi connectivity index (χ4n) is 2.43. The van der Waals surface area contributed by atoms with E-state index in [9.17, 15) is 22.8 Å². The average molecular weight is 364 g/mol. The SMILES string of the molecule is CCC(=O)Cc1cc(C(=O)NCc2cccc(C(F)(F)F)c2)cc(C)n1. The maximum atomic E-state index is 12.7. The summed E-state index contributed by atoms with van der Waals surface area (Å²) < 4.78 is 38.2. The minimum atomic E-state index is -4.43. The summed E-state index contributed by atoms with van der Waals surface area (Å²) in [4.78, 5) is 28.1. The van der Waals surface area contributed by atoms with Crippen molar-refractivity contribution in [1.82, 2.24) is 10.3 Å². The third kappa shape index (κ3) is 5.40. The molecule has 2 aromatic rings. The van der Waals surface area contributed by atoms with Crippen molar-refractivity contribution in [2.45, 2.75) is 39.4 Å². The monoisotopic (exact) mass is 364 g/mol. The van der Waals surface area contributed by atoms with Gasteiger partial charge in [0.05, 0.1) is 5.56 Å². The van der Waals surface area contributed by atoms with Gasteiger partial charge in [-0.1, -0.05) is 19.1 Å². The summed E-state index contributed by atoms with van der Waals surface area (Å²) in [5.41, 5.74) is 1.00. The van der Waals surface area contributed by atoms with Gasteiger partial charge in [-0.3, -0.25) is 14.6 Å². The highest BCUT2D eigenvalue weighted by Crippen LogP contribution is 2.29. The quantitative estimate of drug-likeness (QED) is 0.847. The van der Waals surface area contributed by atoms with Crippen LogP contribution in [0, 0.1) is 6.92 Å². The highest BCUT2D eigenvalue weighted by Gasteiger charge is 2.30. The van der Waals surface area contributed by atoms with Crippen LogP contribution in [-0.4, -0.2) is 16.7 Å². The lowest BCUT2D eigenvalue weighted by Gasteiger charge is -2.10. The van der Waals surface area contributed by atoms with E-state index in [1.54, 1.807) is 19.9 Å². The van der Waals surface area contributed by atoms with Gasteiger partial charge >= 0.3 is 6.18 Å². The summed E-state index contributed by atoms with van der Waals surface area (Å²) in [6.07, 6.45) is -3.90. The number of rotatable bonds is 6. The minimum absolute atomic E-state index is 0.0124. The van der Waals surface area contributed by atoms with E-state index >= 15 is 0 Å². The molecule has 2 rings (SSSR count). The van der Waals surface area contributed by atoms with Gasteiger partial charge in [-0.25, -0.2) is 0 Å². The molecule has 0 atom stereocenters. The molecule has 4 nitrogen and oxygen atoms in total. The average Bonchev–Trinajstić information content (AvgIpc) is 2.58. The Bertz CT molecular complexity index is 817. The van der Waals surface area contributed by atoms with Crippen LogP contribution in [0.2, 0.25) is 0 Å². The predicted molar refractivity (Wildman–Crippen MR) is 90.6 cm³/mol. The first kappa shape index (κ1) is 19.6. The summed E-state index contributed by atoms with van der Waals surface area (Å²) >= 11 is 0. The van der Waals surface area contributed by atoms with Crippen molar-refractivity contribution in [2.24, 2.45) is 0 Å². The number of aromatic nitrogens is 1. The standard InChI is InChI=1S/C19H19F3N2O2/c1-3-17(25)10-16-9-14(7-12(2)24-16)18(26)23-11-13-5-4-6-15(8-13)19(20,21)22/h4-9H,3,10-11H2,1-2H3,(H,23,26). The molecule has 1 heterocycles. The van der Waals surface area contributed by atoms with Gasteiger partial charge in [-0.2, -0.15) is 13.2 Å². The number of Topliss-reactive ketones (excluding diaryl/α,β-unsaturated/α-hetero) is 1. The first-order valence-electron chi connectivity index (χ1n) is 8.12. The van der Waals surface area contributed by atoms with Crippen LogP contribution in [0.3, 0.4) is 0 Å². The number of alkyl halides is 3. The molecule has 0 unspecified atom stereocenters. The van der Waals surface area contributed by atoms with Gasteiger partial charge in [0, 0.05) is 36.3 Å². The number of halogens is 3. The molecule has 0 aliphatic rings. The summed E-state index contributed by atoms with van der Waals surface area (Å²) in [5.74, 6) is -0.420. The smallest absolute Gasteiger partial charge is 0.348 e. The molecule has 0 spiro atoms. The molecule has 26 heavy (non-hydrogen) atoms. The zero-order chi connectivity index (χ0) is 19.3. The number of amides is 1. The molecule has 7 heteroatoms. The molecule has 0 saturated heterocycles. The number of carbonyl (C=O) groups is 2.